The van der Waals surface area contributed by atoms with Crippen molar-refractivity contribution in [2.45, 2.75) is 18.9 Å². The van der Waals surface area contributed by atoms with Gasteiger partial charge in [-0.15, -0.1) is 0 Å². The van der Waals surface area contributed by atoms with Crippen LogP contribution in [0, 0.1) is 11.3 Å². The van der Waals surface area contributed by atoms with E-state index in [-0.39, 0.29) is 17.3 Å². The fourth-order valence-corrected chi connectivity index (χ4v) is 2.66. The molecule has 2 aromatic heterocycles. The maximum atomic E-state index is 12.2. The van der Waals surface area contributed by atoms with Gasteiger partial charge in [-0.05, 0) is 12.8 Å². The predicted molar refractivity (Wildman–Crippen MR) is 85.1 cm³/mol. The Morgan fingerprint density at radius 3 is 2.96 bits per heavy atom. The molecule has 23 heavy (non-hydrogen) atoms. The van der Waals surface area contributed by atoms with Crippen molar-refractivity contribution in [2.24, 2.45) is 7.05 Å². The lowest BCUT2D eigenvalue weighted by Crippen LogP contribution is -2.45. The van der Waals surface area contributed by atoms with Gasteiger partial charge in [-0.3, -0.25) is 4.79 Å². The van der Waals surface area contributed by atoms with Gasteiger partial charge in [0.15, 0.2) is 11.5 Å². The number of nitrogens with one attached hydrogen (secondary N) is 1. The van der Waals surface area contributed by atoms with Crippen LogP contribution in [0.2, 0.25) is 0 Å². The zero-order chi connectivity index (χ0) is 16.2. The zero-order valence-corrected chi connectivity index (χ0v) is 12.8. The highest BCUT2D eigenvalue weighted by Crippen LogP contribution is 2.17. The lowest BCUT2D eigenvalue weighted by Gasteiger charge is -2.33. The molecule has 1 aliphatic rings. The first-order chi connectivity index (χ1) is 11.2. The van der Waals surface area contributed by atoms with Crippen molar-refractivity contribution >= 4 is 11.6 Å². The molecule has 0 bridgehead atoms. The largest absolute Gasteiger partial charge is 0.364 e. The number of nitriles is 1. The van der Waals surface area contributed by atoms with Gasteiger partial charge in [-0.1, -0.05) is 0 Å². The maximum absolute atomic E-state index is 12.2. The van der Waals surface area contributed by atoms with Crippen molar-refractivity contribution < 1.29 is 0 Å². The quantitative estimate of drug-likeness (QED) is 0.882. The summed E-state index contributed by atoms with van der Waals surface area (Å²) in [6, 6.07) is 2.09. The molecule has 2 aromatic rings. The van der Waals surface area contributed by atoms with E-state index in [0.29, 0.717) is 18.2 Å². The van der Waals surface area contributed by atoms with Gasteiger partial charge in [0.1, 0.15) is 11.9 Å². The minimum absolute atomic E-state index is 0.0914. The Labute approximate surface area is 133 Å². The number of nitrogens with zero attached hydrogens (tertiary/aromatic N) is 6. The molecule has 0 unspecified atom stereocenters. The first kappa shape index (κ1) is 15.0. The highest BCUT2D eigenvalue weighted by molar-refractivity contribution is 5.40. The third-order valence-corrected chi connectivity index (χ3v) is 3.84. The Bertz CT molecular complexity index is 778. The molecule has 8 heteroatoms. The Balaban J connectivity index is 1.72. The molecule has 0 aromatic carbocycles. The highest BCUT2D eigenvalue weighted by Gasteiger charge is 2.23. The Morgan fingerprint density at radius 1 is 1.35 bits per heavy atom. The average Bonchev–Trinajstić information content (AvgIpc) is 2.58. The highest BCUT2D eigenvalue weighted by atomic mass is 16.1. The number of hydrogen-bond donors (Lipinski definition) is 1. The standard InChI is InChI=1S/C15H17N7O/c1-21-6-4-17-14(15(21)23)22-5-2-3-11(10-22)20-13-9-18-12(7-16)8-19-13/h4,6,8-9,11H,2-3,5,10H2,1H3,(H,19,20)/t11-/m0/s1. The van der Waals surface area contributed by atoms with E-state index in [4.69, 9.17) is 5.26 Å². The minimum atomic E-state index is -0.0914. The molecule has 3 rings (SSSR count). The van der Waals surface area contributed by atoms with E-state index in [9.17, 15) is 4.79 Å². The summed E-state index contributed by atoms with van der Waals surface area (Å²) in [4.78, 5) is 26.6. The van der Waals surface area contributed by atoms with Crippen LogP contribution in [0.25, 0.3) is 0 Å². The average molecular weight is 311 g/mol. The van der Waals surface area contributed by atoms with E-state index in [1.165, 1.54) is 10.8 Å². The van der Waals surface area contributed by atoms with Crippen molar-refractivity contribution in [1.82, 2.24) is 19.5 Å². The normalized spacial score (nSPS) is 17.6. The predicted octanol–water partition coefficient (Wildman–Crippen LogP) is 0.523. The molecule has 1 N–H and O–H groups in total. The van der Waals surface area contributed by atoms with Crippen molar-refractivity contribution in [3.05, 3.63) is 40.8 Å². The molecular weight excluding hydrogens is 294 g/mol. The third-order valence-electron chi connectivity index (χ3n) is 3.84. The van der Waals surface area contributed by atoms with E-state index in [0.717, 1.165) is 19.4 Å². The second-order valence-electron chi connectivity index (χ2n) is 5.50. The first-order valence-electron chi connectivity index (χ1n) is 7.42. The van der Waals surface area contributed by atoms with Gasteiger partial charge in [-0.2, -0.15) is 5.26 Å². The molecule has 0 amide bonds. The summed E-state index contributed by atoms with van der Waals surface area (Å²) < 4.78 is 1.53. The van der Waals surface area contributed by atoms with Crippen LogP contribution < -0.4 is 15.8 Å². The van der Waals surface area contributed by atoms with Gasteiger partial charge in [0, 0.05) is 38.6 Å². The lowest BCUT2D eigenvalue weighted by atomic mass is 10.1. The number of piperidine rings is 1. The molecule has 0 radical (unpaired) electrons. The Morgan fingerprint density at radius 2 is 2.22 bits per heavy atom. The Kier molecular flexibility index (Phi) is 4.19. The number of hydrogen-bond acceptors (Lipinski definition) is 7. The summed E-state index contributed by atoms with van der Waals surface area (Å²) in [6.07, 6.45) is 8.22. The van der Waals surface area contributed by atoms with Crippen molar-refractivity contribution in [1.29, 1.82) is 5.26 Å². The van der Waals surface area contributed by atoms with Gasteiger partial charge in [0.2, 0.25) is 0 Å². The van der Waals surface area contributed by atoms with E-state index < -0.39 is 0 Å². The van der Waals surface area contributed by atoms with E-state index in [2.05, 4.69) is 20.3 Å². The molecule has 1 atom stereocenters. The third kappa shape index (κ3) is 3.29. The minimum Gasteiger partial charge on any atom is -0.364 e. The molecule has 8 nitrogen and oxygen atoms in total. The van der Waals surface area contributed by atoms with Crippen molar-refractivity contribution in [3.8, 4) is 6.07 Å². The van der Waals surface area contributed by atoms with E-state index >= 15 is 0 Å². The topological polar surface area (TPSA) is 99.7 Å². The summed E-state index contributed by atoms with van der Waals surface area (Å²) in [6.45, 7) is 1.48. The Hall–Kier alpha value is -2.95. The SMILES string of the molecule is Cn1ccnc(N2CCC[C@H](Nc3cnc(C#N)cn3)C2)c1=O. The second-order valence-corrected chi connectivity index (χ2v) is 5.50. The van der Waals surface area contributed by atoms with Crippen LogP contribution in [0.5, 0.6) is 0 Å². The van der Waals surface area contributed by atoms with E-state index in [1.807, 2.05) is 11.0 Å². The van der Waals surface area contributed by atoms with Crippen LogP contribution in [-0.4, -0.2) is 38.7 Å². The van der Waals surface area contributed by atoms with Crippen LogP contribution in [0.15, 0.2) is 29.6 Å². The summed E-state index contributed by atoms with van der Waals surface area (Å²) in [5.41, 5.74) is 0.198. The molecule has 1 saturated heterocycles. The van der Waals surface area contributed by atoms with Gasteiger partial charge >= 0.3 is 0 Å². The van der Waals surface area contributed by atoms with Gasteiger partial charge in [0.25, 0.3) is 5.56 Å². The molecule has 3 heterocycles. The van der Waals surface area contributed by atoms with Crippen LogP contribution in [-0.2, 0) is 7.05 Å². The van der Waals surface area contributed by atoms with Gasteiger partial charge < -0.3 is 14.8 Å². The fourth-order valence-electron chi connectivity index (χ4n) is 2.66. The second kappa shape index (κ2) is 6.44. The molecule has 0 aliphatic carbocycles. The number of rotatable bonds is 3. The van der Waals surface area contributed by atoms with Crippen LogP contribution in [0.3, 0.4) is 0 Å². The summed E-state index contributed by atoms with van der Waals surface area (Å²) in [5.74, 6) is 1.11. The summed E-state index contributed by atoms with van der Waals surface area (Å²) >= 11 is 0. The van der Waals surface area contributed by atoms with Crippen LogP contribution in [0.4, 0.5) is 11.6 Å². The van der Waals surface area contributed by atoms with Gasteiger partial charge in [-0.25, -0.2) is 15.0 Å². The smallest absolute Gasteiger partial charge is 0.293 e. The van der Waals surface area contributed by atoms with Crippen LogP contribution in [0.1, 0.15) is 18.5 Å². The monoisotopic (exact) mass is 311 g/mol. The fraction of sp³-hybridized carbons (Fsp3) is 0.400. The lowest BCUT2D eigenvalue weighted by molar-refractivity contribution is 0.522. The molecule has 0 saturated carbocycles. The van der Waals surface area contributed by atoms with Crippen molar-refractivity contribution in [3.63, 3.8) is 0 Å². The first-order valence-corrected chi connectivity index (χ1v) is 7.42. The van der Waals surface area contributed by atoms with Crippen LogP contribution >= 0.6 is 0 Å². The molecule has 1 fully saturated rings. The number of aromatic nitrogens is 4. The van der Waals surface area contributed by atoms with E-state index in [1.54, 1.807) is 25.6 Å². The maximum Gasteiger partial charge on any atom is 0.293 e. The summed E-state index contributed by atoms with van der Waals surface area (Å²) in [7, 11) is 1.72. The molecule has 118 valence electrons. The zero-order valence-electron chi connectivity index (χ0n) is 12.8. The number of aryl methyl sites for hydroxylation is 1. The molecule has 1 aliphatic heterocycles. The van der Waals surface area contributed by atoms with Gasteiger partial charge in [0.05, 0.1) is 12.4 Å². The van der Waals surface area contributed by atoms with Crippen molar-refractivity contribution in [2.75, 3.05) is 23.3 Å². The molecule has 0 spiro atoms. The summed E-state index contributed by atoms with van der Waals surface area (Å²) in [5, 5.41) is 12.0. The number of anilines is 2. The molecular formula is C15H17N7O.